The van der Waals surface area contributed by atoms with Gasteiger partial charge in [-0.2, -0.15) is 0 Å². The maximum absolute atomic E-state index is 13.5. The van der Waals surface area contributed by atoms with Gasteiger partial charge in [-0.05, 0) is 61.0 Å². The van der Waals surface area contributed by atoms with Crippen molar-refractivity contribution in [2.24, 2.45) is 0 Å². The molecule has 3 aromatic rings. The number of benzene rings is 1. The van der Waals surface area contributed by atoms with E-state index in [0.29, 0.717) is 30.5 Å². The van der Waals surface area contributed by atoms with Crippen LogP contribution in [0.3, 0.4) is 0 Å². The number of hydrogen-bond acceptors (Lipinski definition) is 6. The second-order valence-corrected chi connectivity index (χ2v) is 6.36. The molecule has 7 nitrogen and oxygen atoms in total. The van der Waals surface area contributed by atoms with Gasteiger partial charge in [0.05, 0.1) is 0 Å². The lowest BCUT2D eigenvalue weighted by Gasteiger charge is -2.07. The molecular formula is C21H20F2N6O. The highest BCUT2D eigenvalue weighted by atomic mass is 19.1. The van der Waals surface area contributed by atoms with Crippen LogP contribution in [0.1, 0.15) is 11.1 Å². The van der Waals surface area contributed by atoms with Crippen molar-refractivity contribution in [1.29, 1.82) is 0 Å². The van der Waals surface area contributed by atoms with E-state index in [1.807, 2.05) is 19.1 Å². The van der Waals surface area contributed by atoms with Crippen molar-refractivity contribution in [2.45, 2.75) is 6.92 Å². The predicted molar refractivity (Wildman–Crippen MR) is 111 cm³/mol. The fourth-order valence-corrected chi connectivity index (χ4v) is 2.47. The first-order chi connectivity index (χ1) is 14.5. The number of aryl methyl sites for hydroxylation is 1. The van der Waals surface area contributed by atoms with Crippen LogP contribution in [0.2, 0.25) is 0 Å². The molecule has 2 heterocycles. The largest absolute Gasteiger partial charge is 0.367 e. The maximum Gasteiger partial charge on any atom is 0.244 e. The van der Waals surface area contributed by atoms with Gasteiger partial charge in [0.25, 0.3) is 0 Å². The Hall–Kier alpha value is -3.88. The minimum Gasteiger partial charge on any atom is -0.367 e. The van der Waals surface area contributed by atoms with E-state index in [1.165, 1.54) is 6.08 Å². The zero-order valence-electron chi connectivity index (χ0n) is 16.2. The number of hydrogen-bond donors (Lipinski definition) is 3. The van der Waals surface area contributed by atoms with Gasteiger partial charge in [0.15, 0.2) is 5.82 Å². The standard InChI is InChI=1S/C21H20F2N6O/c1-14-8-9-24-20(12-14)27-19-6-5-18(28-29-19)25-10-11-26-21(30)7-2-15-13-16(22)3-4-17(15)23/h2-9,12-13H,10-11H2,1H3,(H,25,28)(H,26,30)(H,24,27,29)/b7-2+. The summed E-state index contributed by atoms with van der Waals surface area (Å²) in [5.41, 5.74) is 1.09. The van der Waals surface area contributed by atoms with Crippen LogP contribution >= 0.6 is 0 Å². The number of anilines is 3. The Labute approximate surface area is 172 Å². The lowest BCUT2D eigenvalue weighted by molar-refractivity contribution is -0.116. The maximum atomic E-state index is 13.5. The Morgan fingerprint density at radius 1 is 1.00 bits per heavy atom. The highest BCUT2D eigenvalue weighted by Gasteiger charge is 2.03. The second kappa shape index (κ2) is 10.1. The fraction of sp³-hybridized carbons (Fsp3) is 0.143. The Morgan fingerprint density at radius 3 is 2.57 bits per heavy atom. The minimum atomic E-state index is -0.600. The van der Waals surface area contributed by atoms with E-state index in [0.717, 1.165) is 29.8 Å². The van der Waals surface area contributed by atoms with Gasteiger partial charge in [-0.25, -0.2) is 13.8 Å². The van der Waals surface area contributed by atoms with Gasteiger partial charge in [0, 0.05) is 30.9 Å². The molecule has 0 aliphatic carbocycles. The molecule has 154 valence electrons. The molecule has 3 rings (SSSR count). The summed E-state index contributed by atoms with van der Waals surface area (Å²) in [5.74, 6) is 0.191. The minimum absolute atomic E-state index is 0.00751. The van der Waals surface area contributed by atoms with Crippen LogP contribution in [0, 0.1) is 18.6 Å². The number of aromatic nitrogens is 3. The molecule has 0 fully saturated rings. The van der Waals surface area contributed by atoms with Crippen molar-refractivity contribution in [2.75, 3.05) is 23.7 Å². The summed E-state index contributed by atoms with van der Waals surface area (Å²) in [6.07, 6.45) is 4.08. The average Bonchev–Trinajstić information content (AvgIpc) is 2.73. The Morgan fingerprint density at radius 2 is 1.80 bits per heavy atom. The summed E-state index contributed by atoms with van der Waals surface area (Å²) >= 11 is 0. The Kier molecular flexibility index (Phi) is 6.99. The zero-order chi connectivity index (χ0) is 21.3. The first kappa shape index (κ1) is 20.8. The molecule has 1 amide bonds. The van der Waals surface area contributed by atoms with E-state index in [4.69, 9.17) is 0 Å². The molecule has 3 N–H and O–H groups in total. The highest BCUT2D eigenvalue weighted by Crippen LogP contribution is 2.13. The predicted octanol–water partition coefficient (Wildman–Crippen LogP) is 3.44. The van der Waals surface area contributed by atoms with Crippen LogP contribution in [-0.4, -0.2) is 34.2 Å². The SMILES string of the molecule is Cc1ccnc(Nc2ccc(NCCNC(=O)/C=C/c3cc(F)ccc3F)nn2)c1. The number of nitrogens with zero attached hydrogens (tertiary/aromatic N) is 3. The summed E-state index contributed by atoms with van der Waals surface area (Å²) in [4.78, 5) is 16.0. The number of rotatable bonds is 8. The molecule has 0 spiro atoms. The van der Waals surface area contributed by atoms with Crippen molar-refractivity contribution in [1.82, 2.24) is 20.5 Å². The molecular weight excluding hydrogens is 390 g/mol. The molecule has 9 heteroatoms. The molecule has 0 atom stereocenters. The smallest absolute Gasteiger partial charge is 0.244 e. The van der Waals surface area contributed by atoms with Crippen molar-refractivity contribution < 1.29 is 13.6 Å². The van der Waals surface area contributed by atoms with E-state index >= 15 is 0 Å². The molecule has 2 aromatic heterocycles. The van der Waals surface area contributed by atoms with Crippen molar-refractivity contribution >= 4 is 29.4 Å². The molecule has 30 heavy (non-hydrogen) atoms. The van der Waals surface area contributed by atoms with Crippen molar-refractivity contribution in [3.8, 4) is 0 Å². The van der Waals surface area contributed by atoms with Crippen LogP contribution < -0.4 is 16.0 Å². The number of halogens is 2. The normalized spacial score (nSPS) is 10.8. The quantitative estimate of drug-likeness (QED) is 0.389. The van der Waals surface area contributed by atoms with Gasteiger partial charge in [-0.1, -0.05) is 0 Å². The van der Waals surface area contributed by atoms with Gasteiger partial charge < -0.3 is 16.0 Å². The van der Waals surface area contributed by atoms with E-state index in [1.54, 1.807) is 18.3 Å². The lowest BCUT2D eigenvalue weighted by atomic mass is 10.2. The van der Waals surface area contributed by atoms with Crippen LogP contribution in [0.5, 0.6) is 0 Å². The van der Waals surface area contributed by atoms with E-state index in [9.17, 15) is 13.6 Å². The Balaban J connectivity index is 1.41. The molecule has 0 saturated carbocycles. The lowest BCUT2D eigenvalue weighted by Crippen LogP contribution is -2.27. The van der Waals surface area contributed by atoms with Crippen molar-refractivity contribution in [3.05, 3.63) is 77.5 Å². The highest BCUT2D eigenvalue weighted by molar-refractivity contribution is 5.91. The van der Waals surface area contributed by atoms with E-state index < -0.39 is 17.5 Å². The molecule has 0 saturated heterocycles. The van der Waals surface area contributed by atoms with Gasteiger partial charge in [0.2, 0.25) is 5.91 Å². The molecule has 0 aliphatic heterocycles. The summed E-state index contributed by atoms with van der Waals surface area (Å²) in [6, 6.07) is 10.4. The first-order valence-electron chi connectivity index (χ1n) is 9.18. The van der Waals surface area contributed by atoms with Crippen LogP contribution in [-0.2, 0) is 4.79 Å². The van der Waals surface area contributed by atoms with Crippen LogP contribution in [0.4, 0.5) is 26.2 Å². The van der Waals surface area contributed by atoms with Gasteiger partial charge in [-0.15, -0.1) is 10.2 Å². The first-order valence-corrected chi connectivity index (χ1v) is 9.18. The summed E-state index contributed by atoms with van der Waals surface area (Å²) < 4.78 is 26.6. The molecule has 0 unspecified atom stereocenters. The number of carbonyl (C=O) groups excluding carboxylic acids is 1. The average molecular weight is 410 g/mol. The van der Waals surface area contributed by atoms with E-state index in [2.05, 4.69) is 31.1 Å². The summed E-state index contributed by atoms with van der Waals surface area (Å²) in [6.45, 7) is 2.69. The topological polar surface area (TPSA) is 91.8 Å². The Bertz CT molecular complexity index is 1040. The van der Waals surface area contributed by atoms with Gasteiger partial charge in [0.1, 0.15) is 23.3 Å². The zero-order valence-corrected chi connectivity index (χ0v) is 16.2. The summed E-state index contributed by atoms with van der Waals surface area (Å²) in [5, 5.41) is 16.8. The third-order valence-corrected chi connectivity index (χ3v) is 3.94. The van der Waals surface area contributed by atoms with Gasteiger partial charge >= 0.3 is 0 Å². The van der Waals surface area contributed by atoms with Crippen LogP contribution in [0.15, 0.2) is 54.7 Å². The number of pyridine rings is 1. The summed E-state index contributed by atoms with van der Waals surface area (Å²) in [7, 11) is 0. The monoisotopic (exact) mass is 410 g/mol. The van der Waals surface area contributed by atoms with E-state index in [-0.39, 0.29) is 5.56 Å². The van der Waals surface area contributed by atoms with Crippen LogP contribution in [0.25, 0.3) is 6.08 Å². The molecule has 0 radical (unpaired) electrons. The molecule has 0 aliphatic rings. The number of carbonyl (C=O) groups is 1. The third-order valence-electron chi connectivity index (χ3n) is 3.94. The van der Waals surface area contributed by atoms with Crippen molar-refractivity contribution in [3.63, 3.8) is 0 Å². The van der Waals surface area contributed by atoms with Gasteiger partial charge in [-0.3, -0.25) is 4.79 Å². The molecule has 0 bridgehead atoms. The fourth-order valence-electron chi connectivity index (χ4n) is 2.47. The molecule has 1 aromatic carbocycles. The number of nitrogens with one attached hydrogen (secondary N) is 3. The number of amides is 1. The second-order valence-electron chi connectivity index (χ2n) is 6.36. The third kappa shape index (κ3) is 6.33.